The summed E-state index contributed by atoms with van der Waals surface area (Å²) in [6, 6.07) is 6.01. The second-order valence-electron chi connectivity index (χ2n) is 3.25. The molecule has 0 unspecified atom stereocenters. The Morgan fingerprint density at radius 3 is 3.21 bits per heavy atom. The minimum absolute atomic E-state index is 0.284. The average Bonchev–Trinajstić information content (AvgIpc) is 2.17. The molecule has 1 heterocycles. The number of nitrogens with two attached hydrogens (primary N) is 1. The van der Waals surface area contributed by atoms with E-state index in [2.05, 4.69) is 5.32 Å². The third-order valence-electron chi connectivity index (χ3n) is 2.10. The third-order valence-corrected chi connectivity index (χ3v) is 3.17. The van der Waals surface area contributed by atoms with Crippen LogP contribution in [0.15, 0.2) is 23.1 Å². The third kappa shape index (κ3) is 2.01. The summed E-state index contributed by atoms with van der Waals surface area (Å²) in [5, 5.41) is 3.30. The number of thioether (sulfide) groups is 1. The van der Waals surface area contributed by atoms with Crippen LogP contribution in [-0.4, -0.2) is 18.2 Å². The van der Waals surface area contributed by atoms with Gasteiger partial charge < -0.3 is 11.1 Å². The lowest BCUT2D eigenvalue weighted by Gasteiger charge is -2.17. The van der Waals surface area contributed by atoms with E-state index in [0.717, 1.165) is 23.5 Å². The number of amides is 1. The summed E-state index contributed by atoms with van der Waals surface area (Å²) in [4.78, 5) is 12.0. The molecule has 4 heteroatoms. The first-order chi connectivity index (χ1) is 6.75. The number of fused-ring (bicyclic) bond motifs is 1. The molecule has 0 atom stereocenters. The fourth-order valence-corrected chi connectivity index (χ4v) is 2.37. The number of nitrogens with one attached hydrogen (secondary N) is 1. The van der Waals surface area contributed by atoms with E-state index in [1.807, 2.05) is 30.0 Å². The maximum Gasteiger partial charge on any atom is 0.221 e. The van der Waals surface area contributed by atoms with Gasteiger partial charge in [-0.05, 0) is 17.7 Å². The molecular weight excluding hydrogens is 196 g/mol. The Morgan fingerprint density at radius 1 is 1.57 bits per heavy atom. The summed E-state index contributed by atoms with van der Waals surface area (Å²) in [6.45, 7) is 0.984. The molecule has 0 radical (unpaired) electrons. The van der Waals surface area contributed by atoms with Gasteiger partial charge in [-0.15, -0.1) is 11.8 Å². The highest BCUT2D eigenvalue weighted by Gasteiger charge is 2.09. The molecule has 1 aliphatic rings. The predicted molar refractivity (Wildman–Crippen MR) is 58.6 cm³/mol. The highest BCUT2D eigenvalue weighted by atomic mass is 32.2. The molecule has 1 aliphatic heterocycles. The molecule has 1 aromatic rings. The van der Waals surface area contributed by atoms with Crippen LogP contribution in [0.2, 0.25) is 0 Å². The van der Waals surface area contributed by atoms with Crippen molar-refractivity contribution in [2.75, 3.05) is 17.6 Å². The normalized spacial score (nSPS) is 14.3. The molecule has 0 bridgehead atoms. The van der Waals surface area contributed by atoms with Crippen molar-refractivity contribution in [2.24, 2.45) is 5.73 Å². The van der Waals surface area contributed by atoms with Crippen molar-refractivity contribution >= 4 is 23.4 Å². The van der Waals surface area contributed by atoms with Crippen molar-refractivity contribution in [1.82, 2.24) is 0 Å². The molecule has 74 valence electrons. The Balaban J connectivity index is 2.24. The fraction of sp³-hybridized carbons (Fsp3) is 0.300. The van der Waals surface area contributed by atoms with Gasteiger partial charge in [0.25, 0.3) is 0 Å². The number of hydrogen-bond donors (Lipinski definition) is 2. The fourth-order valence-electron chi connectivity index (χ4n) is 1.50. The Bertz CT molecular complexity index is 365. The number of hydrogen-bond acceptors (Lipinski definition) is 3. The van der Waals surface area contributed by atoms with Crippen LogP contribution in [0.4, 0.5) is 5.69 Å². The smallest absolute Gasteiger partial charge is 0.221 e. The van der Waals surface area contributed by atoms with Gasteiger partial charge in [0.1, 0.15) is 0 Å². The lowest BCUT2D eigenvalue weighted by Crippen LogP contribution is -2.15. The summed E-state index contributed by atoms with van der Waals surface area (Å²) in [7, 11) is 0. The van der Waals surface area contributed by atoms with E-state index in [4.69, 9.17) is 5.73 Å². The van der Waals surface area contributed by atoms with Crippen LogP contribution in [0.1, 0.15) is 5.56 Å². The predicted octanol–water partition coefficient (Wildman–Crippen LogP) is 1.23. The number of carbonyl (C=O) groups is 1. The van der Waals surface area contributed by atoms with E-state index in [1.54, 1.807) is 0 Å². The van der Waals surface area contributed by atoms with Crippen LogP contribution in [0.25, 0.3) is 0 Å². The van der Waals surface area contributed by atoms with Gasteiger partial charge in [-0.1, -0.05) is 6.07 Å². The van der Waals surface area contributed by atoms with E-state index in [0.29, 0.717) is 6.42 Å². The van der Waals surface area contributed by atoms with Gasteiger partial charge >= 0.3 is 0 Å². The summed E-state index contributed by atoms with van der Waals surface area (Å²) in [6.07, 6.45) is 0.319. The van der Waals surface area contributed by atoms with Crippen molar-refractivity contribution in [2.45, 2.75) is 11.3 Å². The second kappa shape index (κ2) is 3.92. The number of benzene rings is 1. The number of rotatable bonds is 2. The van der Waals surface area contributed by atoms with Crippen molar-refractivity contribution in [3.8, 4) is 0 Å². The zero-order chi connectivity index (χ0) is 9.97. The molecule has 0 aromatic heterocycles. The van der Waals surface area contributed by atoms with Crippen LogP contribution in [-0.2, 0) is 11.2 Å². The first-order valence-electron chi connectivity index (χ1n) is 4.53. The van der Waals surface area contributed by atoms with E-state index in [-0.39, 0.29) is 5.91 Å². The zero-order valence-electron chi connectivity index (χ0n) is 7.75. The second-order valence-corrected chi connectivity index (χ2v) is 4.39. The van der Waals surface area contributed by atoms with Gasteiger partial charge in [0.2, 0.25) is 5.91 Å². The van der Waals surface area contributed by atoms with Gasteiger partial charge in [-0.3, -0.25) is 4.79 Å². The molecule has 0 saturated heterocycles. The SMILES string of the molecule is NC(=O)Cc1ccc2c(c1)NCCS2. The lowest BCUT2D eigenvalue weighted by molar-refractivity contribution is -0.117. The number of primary amides is 1. The van der Waals surface area contributed by atoms with Crippen LogP contribution >= 0.6 is 11.8 Å². The highest BCUT2D eigenvalue weighted by Crippen LogP contribution is 2.31. The van der Waals surface area contributed by atoms with E-state index < -0.39 is 0 Å². The van der Waals surface area contributed by atoms with Gasteiger partial charge in [0.05, 0.1) is 6.42 Å². The van der Waals surface area contributed by atoms with E-state index in [1.165, 1.54) is 4.90 Å². The Morgan fingerprint density at radius 2 is 2.43 bits per heavy atom. The summed E-state index contributed by atoms with van der Waals surface area (Å²) >= 11 is 1.84. The quantitative estimate of drug-likeness (QED) is 0.768. The van der Waals surface area contributed by atoms with Crippen molar-refractivity contribution in [3.05, 3.63) is 23.8 Å². The van der Waals surface area contributed by atoms with Crippen molar-refractivity contribution < 1.29 is 4.79 Å². The minimum atomic E-state index is -0.284. The molecule has 0 spiro atoms. The standard InChI is InChI=1S/C10H12N2OS/c11-10(13)6-7-1-2-9-8(5-7)12-3-4-14-9/h1-2,5,12H,3-4,6H2,(H2,11,13). The van der Waals surface area contributed by atoms with Crippen LogP contribution in [0.5, 0.6) is 0 Å². The van der Waals surface area contributed by atoms with Crippen LogP contribution in [0.3, 0.4) is 0 Å². The molecule has 3 nitrogen and oxygen atoms in total. The molecule has 1 amide bonds. The van der Waals surface area contributed by atoms with Gasteiger partial charge in [-0.2, -0.15) is 0 Å². The molecule has 0 aliphatic carbocycles. The largest absolute Gasteiger partial charge is 0.383 e. The Kier molecular flexibility index (Phi) is 2.63. The lowest BCUT2D eigenvalue weighted by atomic mass is 10.1. The molecule has 0 saturated carbocycles. The number of anilines is 1. The molecule has 14 heavy (non-hydrogen) atoms. The summed E-state index contributed by atoms with van der Waals surface area (Å²) < 4.78 is 0. The minimum Gasteiger partial charge on any atom is -0.383 e. The summed E-state index contributed by atoms with van der Waals surface area (Å²) in [5.41, 5.74) is 7.24. The van der Waals surface area contributed by atoms with Crippen LogP contribution in [0, 0.1) is 0 Å². The summed E-state index contributed by atoms with van der Waals surface area (Å²) in [5.74, 6) is 0.815. The maximum absolute atomic E-state index is 10.7. The first-order valence-corrected chi connectivity index (χ1v) is 5.52. The Labute approximate surface area is 87.1 Å². The number of carbonyl (C=O) groups excluding carboxylic acids is 1. The Hall–Kier alpha value is -1.16. The molecule has 2 rings (SSSR count). The highest BCUT2D eigenvalue weighted by molar-refractivity contribution is 7.99. The topological polar surface area (TPSA) is 55.1 Å². The van der Waals surface area contributed by atoms with E-state index in [9.17, 15) is 4.79 Å². The molecule has 1 aromatic carbocycles. The first kappa shape index (κ1) is 9.40. The monoisotopic (exact) mass is 208 g/mol. The molecular formula is C10H12N2OS. The zero-order valence-corrected chi connectivity index (χ0v) is 8.56. The van der Waals surface area contributed by atoms with Crippen molar-refractivity contribution in [3.63, 3.8) is 0 Å². The average molecular weight is 208 g/mol. The van der Waals surface area contributed by atoms with Crippen molar-refractivity contribution in [1.29, 1.82) is 0 Å². The maximum atomic E-state index is 10.7. The van der Waals surface area contributed by atoms with Gasteiger partial charge in [0.15, 0.2) is 0 Å². The molecule has 3 N–H and O–H groups in total. The van der Waals surface area contributed by atoms with Gasteiger partial charge in [0, 0.05) is 22.9 Å². The molecule has 0 fully saturated rings. The van der Waals surface area contributed by atoms with Crippen LogP contribution < -0.4 is 11.1 Å². The van der Waals surface area contributed by atoms with Gasteiger partial charge in [-0.25, -0.2) is 0 Å². The van der Waals surface area contributed by atoms with E-state index >= 15 is 0 Å².